The van der Waals surface area contributed by atoms with E-state index in [1.165, 1.54) is 44.9 Å². The molecule has 0 amide bonds. The summed E-state index contributed by atoms with van der Waals surface area (Å²) in [4.78, 5) is 11.6. The molecule has 0 unspecified atom stereocenters. The molecule has 5 heteroatoms. The van der Waals surface area contributed by atoms with E-state index in [4.69, 9.17) is 4.74 Å². The van der Waals surface area contributed by atoms with Crippen molar-refractivity contribution < 1.29 is 26.5 Å². The number of hydrogen-bond donors (Lipinski definition) is 0. The maximum Gasteiger partial charge on any atom is 0.372 e. The van der Waals surface area contributed by atoms with Gasteiger partial charge in [0.25, 0.3) is 0 Å². The fourth-order valence-electron chi connectivity index (χ4n) is 2.12. The molecule has 1 rings (SSSR count). The van der Waals surface area contributed by atoms with Crippen molar-refractivity contribution in [2.24, 2.45) is 0 Å². The van der Waals surface area contributed by atoms with Crippen LogP contribution in [-0.4, -0.2) is 12.6 Å². The third kappa shape index (κ3) is 9.86. The molecule has 0 saturated carbocycles. The lowest BCUT2D eigenvalue weighted by Crippen LogP contribution is -3.00. The molecule has 0 aliphatic heterocycles. The Kier molecular flexibility index (Phi) is 12.7. The van der Waals surface area contributed by atoms with Crippen molar-refractivity contribution in [2.45, 2.75) is 71.8 Å². The second kappa shape index (κ2) is 13.1. The van der Waals surface area contributed by atoms with E-state index < -0.39 is 0 Å². The van der Waals surface area contributed by atoms with Crippen molar-refractivity contribution in [1.29, 1.82) is 0 Å². The second-order valence-corrected chi connectivity index (χ2v) is 6.04. The molecule has 0 radical (unpaired) electrons. The molecule has 122 valence electrons. The summed E-state index contributed by atoms with van der Waals surface area (Å²) in [7, 11) is 0. The Bertz CT molecular complexity index is 382. The van der Waals surface area contributed by atoms with Gasteiger partial charge in [0.05, 0.1) is 12.0 Å². The number of unbranched alkanes of at least 4 members (excludes halogenated alkanes) is 7. The Hall–Kier alpha value is -0.610. The van der Waals surface area contributed by atoms with Crippen molar-refractivity contribution in [3.8, 4) is 0 Å². The molecule has 0 atom stereocenters. The SMILES string of the molecule is CCCCCCCCCCOC(=O)C[n+]1cscc1C.[Cl-]. The van der Waals surface area contributed by atoms with E-state index in [2.05, 4.69) is 6.92 Å². The van der Waals surface area contributed by atoms with Gasteiger partial charge in [0.2, 0.25) is 12.1 Å². The largest absolute Gasteiger partial charge is 1.00 e. The van der Waals surface area contributed by atoms with Gasteiger partial charge in [0.1, 0.15) is 0 Å². The smallest absolute Gasteiger partial charge is 0.372 e. The van der Waals surface area contributed by atoms with Crippen molar-refractivity contribution in [2.75, 3.05) is 6.61 Å². The van der Waals surface area contributed by atoms with Crippen LogP contribution in [0.3, 0.4) is 0 Å². The summed E-state index contributed by atoms with van der Waals surface area (Å²) < 4.78 is 7.19. The minimum absolute atomic E-state index is 0. The number of esters is 1. The molecular weight excluding hydrogens is 306 g/mol. The van der Waals surface area contributed by atoms with E-state index in [0.29, 0.717) is 13.2 Å². The first-order chi connectivity index (χ1) is 9.74. The number of aromatic nitrogens is 1. The zero-order valence-electron chi connectivity index (χ0n) is 13.3. The fourth-order valence-corrected chi connectivity index (χ4v) is 2.90. The van der Waals surface area contributed by atoms with Crippen LogP contribution in [0.25, 0.3) is 0 Å². The molecule has 0 aromatic carbocycles. The first kappa shape index (κ1) is 20.4. The van der Waals surface area contributed by atoms with Crippen molar-refractivity contribution in [1.82, 2.24) is 0 Å². The third-order valence-electron chi connectivity index (χ3n) is 3.44. The highest BCUT2D eigenvalue weighted by molar-refractivity contribution is 7.07. The van der Waals surface area contributed by atoms with Crippen molar-refractivity contribution >= 4 is 17.3 Å². The van der Waals surface area contributed by atoms with Gasteiger partial charge < -0.3 is 17.1 Å². The normalized spacial score (nSPS) is 10.2. The van der Waals surface area contributed by atoms with Gasteiger partial charge in [-0.25, -0.2) is 4.79 Å². The zero-order chi connectivity index (χ0) is 14.6. The maximum atomic E-state index is 11.6. The molecular formula is C16H28ClNO2S. The molecule has 1 heterocycles. The highest BCUT2D eigenvalue weighted by atomic mass is 35.5. The summed E-state index contributed by atoms with van der Waals surface area (Å²) in [5.41, 5.74) is 3.06. The van der Waals surface area contributed by atoms with Crippen LogP contribution in [0, 0.1) is 6.92 Å². The molecule has 1 aromatic rings. The molecule has 3 nitrogen and oxygen atoms in total. The topological polar surface area (TPSA) is 30.2 Å². The quantitative estimate of drug-likeness (QED) is 0.344. The Morgan fingerprint density at radius 2 is 1.76 bits per heavy atom. The van der Waals surface area contributed by atoms with Crippen LogP contribution in [0.15, 0.2) is 10.9 Å². The molecule has 21 heavy (non-hydrogen) atoms. The summed E-state index contributed by atoms with van der Waals surface area (Å²) in [6, 6.07) is 0. The minimum Gasteiger partial charge on any atom is -1.00 e. The lowest BCUT2D eigenvalue weighted by atomic mass is 10.1. The summed E-state index contributed by atoms with van der Waals surface area (Å²) in [5, 5.41) is 2.03. The summed E-state index contributed by atoms with van der Waals surface area (Å²) in [6.07, 6.45) is 10.1. The average Bonchev–Trinajstić information content (AvgIpc) is 2.82. The minimum atomic E-state index is -0.126. The van der Waals surface area contributed by atoms with Crippen molar-refractivity contribution in [3.05, 3.63) is 16.6 Å². The number of nitrogens with zero attached hydrogens (tertiary/aromatic N) is 1. The average molecular weight is 334 g/mol. The van der Waals surface area contributed by atoms with Gasteiger partial charge in [-0.15, -0.1) is 0 Å². The molecule has 0 aliphatic carbocycles. The van der Waals surface area contributed by atoms with Crippen LogP contribution >= 0.6 is 11.3 Å². The molecule has 0 spiro atoms. The fraction of sp³-hybridized carbons (Fsp3) is 0.750. The number of hydrogen-bond acceptors (Lipinski definition) is 3. The van der Waals surface area contributed by atoms with E-state index in [0.717, 1.165) is 12.1 Å². The van der Waals surface area contributed by atoms with Gasteiger partial charge in [0, 0.05) is 6.92 Å². The molecule has 0 bridgehead atoms. The van der Waals surface area contributed by atoms with Crippen LogP contribution in [0.1, 0.15) is 64.0 Å². The Morgan fingerprint density at radius 1 is 1.14 bits per heavy atom. The summed E-state index contributed by atoms with van der Waals surface area (Å²) in [6.45, 7) is 5.15. The number of thiazole rings is 1. The van der Waals surface area contributed by atoms with Gasteiger partial charge in [-0.05, 0) is 6.42 Å². The number of carbonyl (C=O) groups is 1. The highest BCUT2D eigenvalue weighted by Crippen LogP contribution is 2.08. The number of carbonyl (C=O) groups excluding carboxylic acids is 1. The number of rotatable bonds is 11. The van der Waals surface area contributed by atoms with E-state index in [9.17, 15) is 4.79 Å². The summed E-state index contributed by atoms with van der Waals surface area (Å²) in [5.74, 6) is -0.126. The van der Waals surface area contributed by atoms with E-state index in [1.807, 2.05) is 22.4 Å². The predicted octanol–water partition coefficient (Wildman–Crippen LogP) is 1.03. The van der Waals surface area contributed by atoms with Crippen LogP contribution in [0.5, 0.6) is 0 Å². The zero-order valence-corrected chi connectivity index (χ0v) is 14.8. The van der Waals surface area contributed by atoms with Crippen LogP contribution in [-0.2, 0) is 16.1 Å². The third-order valence-corrected chi connectivity index (χ3v) is 4.29. The van der Waals surface area contributed by atoms with Crippen LogP contribution in [0.4, 0.5) is 0 Å². The van der Waals surface area contributed by atoms with Gasteiger partial charge in [-0.2, -0.15) is 4.57 Å². The van der Waals surface area contributed by atoms with E-state index in [-0.39, 0.29) is 18.4 Å². The van der Waals surface area contributed by atoms with Gasteiger partial charge in [0.15, 0.2) is 5.69 Å². The van der Waals surface area contributed by atoms with Gasteiger partial charge in [-0.3, -0.25) is 0 Å². The standard InChI is InChI=1S/C16H28NO2S.ClH/c1-3-4-5-6-7-8-9-10-11-19-16(18)12-17-14-20-13-15(17)2;/h13-14H,3-12H2,1-2H3;1H/q+1;/p-1. The Morgan fingerprint density at radius 3 is 2.33 bits per heavy atom. The Labute approximate surface area is 139 Å². The molecule has 0 aliphatic rings. The number of halogens is 1. The molecule has 0 N–H and O–H groups in total. The first-order valence-corrected chi connectivity index (χ1v) is 8.76. The lowest BCUT2D eigenvalue weighted by molar-refractivity contribution is -0.687. The highest BCUT2D eigenvalue weighted by Gasteiger charge is 2.13. The van der Waals surface area contributed by atoms with Gasteiger partial charge in [-0.1, -0.05) is 63.2 Å². The summed E-state index contributed by atoms with van der Waals surface area (Å²) >= 11 is 1.61. The van der Waals surface area contributed by atoms with E-state index >= 15 is 0 Å². The first-order valence-electron chi connectivity index (χ1n) is 7.82. The van der Waals surface area contributed by atoms with E-state index in [1.54, 1.807) is 11.3 Å². The maximum absolute atomic E-state index is 11.6. The molecule has 0 fully saturated rings. The van der Waals surface area contributed by atoms with Crippen molar-refractivity contribution in [3.63, 3.8) is 0 Å². The number of ether oxygens (including phenoxy) is 1. The lowest BCUT2D eigenvalue weighted by Gasteiger charge is -2.03. The number of aryl methyl sites for hydroxylation is 1. The predicted molar refractivity (Wildman–Crippen MR) is 82.8 cm³/mol. The van der Waals surface area contributed by atoms with Crippen LogP contribution < -0.4 is 17.0 Å². The molecule has 1 aromatic heterocycles. The monoisotopic (exact) mass is 333 g/mol. The Balaban J connectivity index is 0.00000400. The van der Waals surface area contributed by atoms with Crippen LogP contribution in [0.2, 0.25) is 0 Å². The van der Waals surface area contributed by atoms with Gasteiger partial charge >= 0.3 is 5.97 Å². The second-order valence-electron chi connectivity index (χ2n) is 5.32. The molecule has 0 saturated heterocycles.